The highest BCUT2D eigenvalue weighted by Crippen LogP contribution is 2.20. The van der Waals surface area contributed by atoms with E-state index in [4.69, 9.17) is 23.2 Å². The first-order valence-corrected chi connectivity index (χ1v) is 3.41. The molecule has 0 aromatic heterocycles. The van der Waals surface area contributed by atoms with Crippen LogP contribution in [0.5, 0.6) is 0 Å². The second kappa shape index (κ2) is 2.47. The van der Waals surface area contributed by atoms with Crippen molar-refractivity contribution in [3.63, 3.8) is 0 Å². The van der Waals surface area contributed by atoms with E-state index in [-0.39, 0.29) is 17.0 Å². The molecule has 0 aliphatic carbocycles. The van der Waals surface area contributed by atoms with Gasteiger partial charge in [0.1, 0.15) is 5.17 Å². The molecule has 0 aromatic carbocycles. The number of amidine groups is 1. The molecule has 1 unspecified atom stereocenters. The number of rotatable bonds is 0. The minimum atomic E-state index is -1.64. The fraction of sp³-hybridized carbons (Fsp3) is 0.600. The third kappa shape index (κ3) is 1.47. The van der Waals surface area contributed by atoms with Crippen molar-refractivity contribution in [2.45, 2.75) is 12.6 Å². The van der Waals surface area contributed by atoms with Gasteiger partial charge in [-0.3, -0.25) is 4.99 Å². The quantitative estimate of drug-likeness (QED) is 0.513. The van der Waals surface area contributed by atoms with E-state index in [1.807, 2.05) is 0 Å². The van der Waals surface area contributed by atoms with E-state index in [1.54, 1.807) is 0 Å². The molecule has 56 valence electrons. The molecule has 2 nitrogen and oxygen atoms in total. The number of nitrogens with zero attached hydrogens (tertiary/aromatic N) is 2. The molecule has 0 radical (unpaired) electrons. The first-order valence-electron chi connectivity index (χ1n) is 2.66. The van der Waals surface area contributed by atoms with Gasteiger partial charge < -0.3 is 0 Å². The van der Waals surface area contributed by atoms with Gasteiger partial charge in [0.2, 0.25) is 5.29 Å². The highest BCUT2D eigenvalue weighted by molar-refractivity contribution is 6.73. The van der Waals surface area contributed by atoms with E-state index in [1.165, 1.54) is 6.92 Å². The molecule has 1 rings (SSSR count). The van der Waals surface area contributed by atoms with Gasteiger partial charge in [-0.1, -0.05) is 11.6 Å². The maximum absolute atomic E-state index is 13.0. The van der Waals surface area contributed by atoms with Crippen LogP contribution in [0.1, 0.15) is 6.92 Å². The van der Waals surface area contributed by atoms with Gasteiger partial charge in [-0.15, -0.1) is 0 Å². The monoisotopic (exact) mass is 182 g/mol. The molecule has 0 fully saturated rings. The van der Waals surface area contributed by atoms with Crippen molar-refractivity contribution < 1.29 is 4.39 Å². The van der Waals surface area contributed by atoms with Gasteiger partial charge in [-0.05, 0) is 18.5 Å². The predicted octanol–water partition coefficient (Wildman–Crippen LogP) is 1.96. The molecule has 1 aliphatic rings. The number of hydrogen-bond acceptors (Lipinski definition) is 2. The van der Waals surface area contributed by atoms with Gasteiger partial charge in [-0.25, -0.2) is 9.38 Å². The molecule has 1 aliphatic heterocycles. The molecular formula is C5H5Cl2FN2. The minimum Gasteiger partial charge on any atom is -0.252 e. The van der Waals surface area contributed by atoms with Crippen LogP contribution in [0.25, 0.3) is 0 Å². The summed E-state index contributed by atoms with van der Waals surface area (Å²) in [5, 5.41) is -0.118. The van der Waals surface area contributed by atoms with E-state index in [0.717, 1.165) is 0 Å². The van der Waals surface area contributed by atoms with Crippen LogP contribution < -0.4 is 0 Å². The molecule has 5 heteroatoms. The van der Waals surface area contributed by atoms with E-state index >= 15 is 0 Å². The lowest BCUT2D eigenvalue weighted by molar-refractivity contribution is 0.297. The van der Waals surface area contributed by atoms with Gasteiger partial charge in [0.05, 0.1) is 6.54 Å². The maximum Gasteiger partial charge on any atom is 0.219 e. The molecule has 10 heavy (non-hydrogen) atoms. The Balaban J connectivity index is 2.88. The van der Waals surface area contributed by atoms with Crippen molar-refractivity contribution in [2.24, 2.45) is 9.98 Å². The number of halogens is 3. The molecule has 0 saturated carbocycles. The summed E-state index contributed by atoms with van der Waals surface area (Å²) >= 11 is 10.8. The molecule has 1 heterocycles. The summed E-state index contributed by atoms with van der Waals surface area (Å²) < 4.78 is 13.0. The Hall–Kier alpha value is -0.150. The second-order valence-corrected chi connectivity index (χ2v) is 2.88. The molecule has 0 spiro atoms. The Morgan fingerprint density at radius 1 is 1.60 bits per heavy atom. The fourth-order valence-corrected chi connectivity index (χ4v) is 0.839. The highest BCUT2D eigenvalue weighted by Gasteiger charge is 2.31. The van der Waals surface area contributed by atoms with Crippen LogP contribution >= 0.6 is 23.2 Å². The SMILES string of the molecule is CC1(F)CN=C(Cl)N=C1Cl. The molecule has 0 bridgehead atoms. The first kappa shape index (κ1) is 7.95. The zero-order valence-electron chi connectivity index (χ0n) is 5.24. The van der Waals surface area contributed by atoms with Gasteiger partial charge in [0.25, 0.3) is 0 Å². The Bertz CT molecular complexity index is 210. The summed E-state index contributed by atoms with van der Waals surface area (Å²) in [5.41, 5.74) is -1.64. The van der Waals surface area contributed by atoms with Crippen molar-refractivity contribution in [3.8, 4) is 0 Å². The smallest absolute Gasteiger partial charge is 0.219 e. The van der Waals surface area contributed by atoms with Crippen LogP contribution in [0.4, 0.5) is 4.39 Å². The number of aliphatic imine (C=N–C) groups is 2. The Kier molecular flexibility index (Phi) is 1.97. The van der Waals surface area contributed by atoms with Crippen LogP contribution in [-0.4, -0.2) is 22.7 Å². The van der Waals surface area contributed by atoms with Crippen LogP contribution in [0, 0.1) is 0 Å². The van der Waals surface area contributed by atoms with E-state index in [2.05, 4.69) is 9.98 Å². The second-order valence-electron chi connectivity index (χ2n) is 2.19. The zero-order valence-corrected chi connectivity index (χ0v) is 6.75. The summed E-state index contributed by atoms with van der Waals surface area (Å²) in [4.78, 5) is 7.03. The molecule has 0 N–H and O–H groups in total. The predicted molar refractivity (Wildman–Crippen MR) is 41.0 cm³/mol. The fourth-order valence-electron chi connectivity index (χ4n) is 0.512. The average molecular weight is 183 g/mol. The summed E-state index contributed by atoms with van der Waals surface area (Å²) in [6, 6.07) is 0. The largest absolute Gasteiger partial charge is 0.252 e. The molecular weight excluding hydrogens is 178 g/mol. The summed E-state index contributed by atoms with van der Waals surface area (Å²) in [6.45, 7) is 1.26. The van der Waals surface area contributed by atoms with Gasteiger partial charge >= 0.3 is 0 Å². The van der Waals surface area contributed by atoms with Gasteiger partial charge in [-0.2, -0.15) is 0 Å². The summed E-state index contributed by atoms with van der Waals surface area (Å²) in [7, 11) is 0. The lowest BCUT2D eigenvalue weighted by atomic mass is 10.1. The third-order valence-electron chi connectivity index (χ3n) is 1.13. The third-order valence-corrected chi connectivity index (χ3v) is 1.81. The van der Waals surface area contributed by atoms with Crippen molar-refractivity contribution >= 4 is 33.7 Å². The molecule has 0 saturated heterocycles. The lowest BCUT2D eigenvalue weighted by Gasteiger charge is -2.18. The summed E-state index contributed by atoms with van der Waals surface area (Å²) in [5.74, 6) is 0. The van der Waals surface area contributed by atoms with Crippen LogP contribution in [-0.2, 0) is 0 Å². The van der Waals surface area contributed by atoms with Gasteiger partial charge in [0.15, 0.2) is 5.67 Å². The van der Waals surface area contributed by atoms with Crippen molar-refractivity contribution in [1.82, 2.24) is 0 Å². The summed E-state index contributed by atoms with van der Waals surface area (Å²) in [6.07, 6.45) is 0. The van der Waals surface area contributed by atoms with Crippen LogP contribution in [0.2, 0.25) is 0 Å². The van der Waals surface area contributed by atoms with E-state index in [9.17, 15) is 4.39 Å². The zero-order chi connectivity index (χ0) is 7.78. The van der Waals surface area contributed by atoms with Crippen LogP contribution in [0.3, 0.4) is 0 Å². The average Bonchev–Trinajstić information content (AvgIpc) is 1.81. The minimum absolute atomic E-state index is 0.0140. The first-order chi connectivity index (χ1) is 4.52. The topological polar surface area (TPSA) is 24.7 Å². The highest BCUT2D eigenvalue weighted by atomic mass is 35.5. The van der Waals surface area contributed by atoms with Crippen molar-refractivity contribution in [2.75, 3.05) is 6.54 Å². The van der Waals surface area contributed by atoms with Crippen LogP contribution in [0.15, 0.2) is 9.98 Å². The Morgan fingerprint density at radius 2 is 2.20 bits per heavy atom. The number of alkyl halides is 1. The van der Waals surface area contributed by atoms with Crippen molar-refractivity contribution in [1.29, 1.82) is 0 Å². The van der Waals surface area contributed by atoms with E-state index < -0.39 is 5.67 Å². The van der Waals surface area contributed by atoms with Crippen molar-refractivity contribution in [3.05, 3.63) is 0 Å². The normalized spacial score (nSPS) is 33.2. The Morgan fingerprint density at radius 3 is 2.60 bits per heavy atom. The molecule has 0 aromatic rings. The Labute approximate surface area is 67.8 Å². The maximum atomic E-state index is 13.0. The standard InChI is InChI=1S/C5H5Cl2FN2/c1-5(8)2-9-4(7)10-3(5)6/h2H2,1H3. The lowest BCUT2D eigenvalue weighted by Crippen LogP contribution is -2.33. The molecule has 1 atom stereocenters. The number of hydrogen-bond donors (Lipinski definition) is 0. The van der Waals surface area contributed by atoms with Gasteiger partial charge in [0, 0.05) is 0 Å². The van der Waals surface area contributed by atoms with E-state index in [0.29, 0.717) is 0 Å². The molecule has 0 amide bonds.